The van der Waals surface area contributed by atoms with E-state index in [2.05, 4.69) is 10.2 Å². The van der Waals surface area contributed by atoms with Crippen molar-refractivity contribution < 1.29 is 19.4 Å². The van der Waals surface area contributed by atoms with E-state index < -0.39 is 12.1 Å². The van der Waals surface area contributed by atoms with Crippen LogP contribution in [0.2, 0.25) is 0 Å². The van der Waals surface area contributed by atoms with Crippen molar-refractivity contribution in [3.63, 3.8) is 0 Å². The number of ether oxygens (including phenoxy) is 1. The fourth-order valence-electron chi connectivity index (χ4n) is 2.45. The van der Waals surface area contributed by atoms with E-state index in [9.17, 15) is 9.59 Å². The number of nitrogens with zero attached hydrogens (tertiary/aromatic N) is 2. The third-order valence-electron chi connectivity index (χ3n) is 3.43. The molecule has 1 saturated heterocycles. The van der Waals surface area contributed by atoms with Crippen LogP contribution in [0.4, 0.5) is 4.79 Å². The Labute approximate surface area is 119 Å². The van der Waals surface area contributed by atoms with Crippen LogP contribution in [-0.4, -0.2) is 79.9 Å². The maximum Gasteiger partial charge on any atom is 0.317 e. The van der Waals surface area contributed by atoms with E-state index in [1.54, 1.807) is 0 Å². The van der Waals surface area contributed by atoms with Gasteiger partial charge in [0.05, 0.1) is 12.5 Å². The number of nitrogens with one attached hydrogen (secondary N) is 1. The minimum absolute atomic E-state index is 0.113. The Kier molecular flexibility index (Phi) is 6.74. The minimum atomic E-state index is -0.933. The summed E-state index contributed by atoms with van der Waals surface area (Å²) in [5.74, 6) is -0.933. The van der Waals surface area contributed by atoms with Crippen LogP contribution in [0.3, 0.4) is 0 Å². The summed E-state index contributed by atoms with van der Waals surface area (Å²) < 4.78 is 5.04. The van der Waals surface area contributed by atoms with E-state index in [1.165, 1.54) is 7.11 Å². The van der Waals surface area contributed by atoms with Crippen LogP contribution < -0.4 is 5.32 Å². The van der Waals surface area contributed by atoms with Gasteiger partial charge >= 0.3 is 12.0 Å². The number of rotatable bonds is 7. The van der Waals surface area contributed by atoms with Crippen LogP contribution in [0.5, 0.6) is 0 Å². The topological polar surface area (TPSA) is 82.1 Å². The first-order chi connectivity index (χ1) is 9.43. The molecule has 2 unspecified atom stereocenters. The van der Waals surface area contributed by atoms with Crippen molar-refractivity contribution in [2.75, 3.05) is 40.8 Å². The molecule has 1 fully saturated rings. The molecule has 7 heteroatoms. The molecule has 0 saturated carbocycles. The normalized spacial score (nSPS) is 20.2. The number of methoxy groups -OCH3 is 1. The lowest BCUT2D eigenvalue weighted by atomic mass is 10.2. The number of carbonyl (C=O) groups is 2. The lowest BCUT2D eigenvalue weighted by molar-refractivity contribution is -0.139. The van der Waals surface area contributed by atoms with Crippen molar-refractivity contribution in [1.82, 2.24) is 15.1 Å². The van der Waals surface area contributed by atoms with Crippen LogP contribution >= 0.6 is 0 Å². The fourth-order valence-corrected chi connectivity index (χ4v) is 2.45. The molecule has 0 aromatic rings. The van der Waals surface area contributed by atoms with Gasteiger partial charge < -0.3 is 25.0 Å². The molecule has 0 spiro atoms. The molecule has 2 N–H and O–H groups in total. The Bertz CT molecular complexity index is 336. The molecular weight excluding hydrogens is 262 g/mol. The molecule has 0 radical (unpaired) electrons. The number of amides is 2. The zero-order valence-corrected chi connectivity index (χ0v) is 12.5. The number of likely N-dealkylation sites (tertiary alicyclic amines) is 1. The van der Waals surface area contributed by atoms with Crippen molar-refractivity contribution in [1.29, 1.82) is 0 Å². The van der Waals surface area contributed by atoms with Gasteiger partial charge in [-0.3, -0.25) is 4.79 Å². The van der Waals surface area contributed by atoms with Gasteiger partial charge in [0.2, 0.25) is 0 Å². The lowest BCUT2D eigenvalue weighted by Crippen LogP contribution is -2.48. The molecule has 1 aliphatic rings. The largest absolute Gasteiger partial charge is 0.481 e. The smallest absolute Gasteiger partial charge is 0.317 e. The van der Waals surface area contributed by atoms with E-state index in [0.29, 0.717) is 0 Å². The number of urea groups is 1. The molecule has 0 aromatic carbocycles. The summed E-state index contributed by atoms with van der Waals surface area (Å²) in [6.07, 6.45) is 1.41. The summed E-state index contributed by atoms with van der Waals surface area (Å²) in [6, 6.07) is 0.0901. The van der Waals surface area contributed by atoms with Crippen molar-refractivity contribution in [3.8, 4) is 0 Å². The summed E-state index contributed by atoms with van der Waals surface area (Å²) >= 11 is 0. The Hall–Kier alpha value is -1.34. The Morgan fingerprint density at radius 3 is 2.75 bits per heavy atom. The molecule has 20 heavy (non-hydrogen) atoms. The SMILES string of the molecule is COC(CNC(=O)N1CCCC1CN(C)C)CC(=O)O. The van der Waals surface area contributed by atoms with Crippen LogP contribution in [0, 0.1) is 0 Å². The molecule has 116 valence electrons. The number of carboxylic acids is 1. The Morgan fingerprint density at radius 2 is 2.20 bits per heavy atom. The zero-order chi connectivity index (χ0) is 15.1. The van der Waals surface area contributed by atoms with Crippen LogP contribution in [0.15, 0.2) is 0 Å². The van der Waals surface area contributed by atoms with Gasteiger partial charge in [-0.25, -0.2) is 4.79 Å². The van der Waals surface area contributed by atoms with E-state index in [4.69, 9.17) is 9.84 Å². The quantitative estimate of drug-likeness (QED) is 0.699. The third kappa shape index (κ3) is 5.34. The van der Waals surface area contributed by atoms with E-state index in [0.717, 1.165) is 25.9 Å². The molecule has 1 rings (SSSR count). The molecule has 2 atom stereocenters. The Morgan fingerprint density at radius 1 is 1.50 bits per heavy atom. The molecular formula is C13H25N3O4. The van der Waals surface area contributed by atoms with Crippen molar-refractivity contribution >= 4 is 12.0 Å². The lowest BCUT2D eigenvalue weighted by Gasteiger charge is -2.28. The van der Waals surface area contributed by atoms with Gasteiger partial charge in [-0.15, -0.1) is 0 Å². The summed E-state index contributed by atoms with van der Waals surface area (Å²) in [4.78, 5) is 26.7. The second-order valence-electron chi connectivity index (χ2n) is 5.39. The first kappa shape index (κ1) is 16.7. The molecule has 0 aromatic heterocycles. The van der Waals surface area contributed by atoms with Gasteiger partial charge in [-0.05, 0) is 26.9 Å². The predicted octanol–water partition coefficient (Wildman–Crippen LogP) is 0.212. The first-order valence-electron chi connectivity index (χ1n) is 6.87. The molecule has 0 aliphatic carbocycles. The summed E-state index contributed by atoms with van der Waals surface area (Å²) in [6.45, 7) is 1.81. The number of hydrogen-bond acceptors (Lipinski definition) is 4. The van der Waals surface area contributed by atoms with Gasteiger partial charge in [-0.1, -0.05) is 0 Å². The van der Waals surface area contributed by atoms with Gasteiger partial charge in [0.25, 0.3) is 0 Å². The monoisotopic (exact) mass is 287 g/mol. The summed E-state index contributed by atoms with van der Waals surface area (Å²) in [7, 11) is 5.43. The predicted molar refractivity (Wildman–Crippen MR) is 74.7 cm³/mol. The highest BCUT2D eigenvalue weighted by molar-refractivity contribution is 5.75. The number of likely N-dealkylation sites (N-methyl/N-ethyl adjacent to an activating group) is 1. The summed E-state index contributed by atoms with van der Waals surface area (Å²) in [5, 5.41) is 11.5. The van der Waals surface area contributed by atoms with Crippen molar-refractivity contribution in [3.05, 3.63) is 0 Å². The maximum absolute atomic E-state index is 12.1. The molecule has 2 amide bonds. The van der Waals surface area contributed by atoms with Crippen LogP contribution in [0.25, 0.3) is 0 Å². The van der Waals surface area contributed by atoms with Crippen molar-refractivity contribution in [2.24, 2.45) is 0 Å². The minimum Gasteiger partial charge on any atom is -0.481 e. The van der Waals surface area contributed by atoms with E-state index in [1.807, 2.05) is 19.0 Å². The summed E-state index contributed by atoms with van der Waals surface area (Å²) in [5.41, 5.74) is 0. The van der Waals surface area contributed by atoms with E-state index in [-0.39, 0.29) is 25.0 Å². The van der Waals surface area contributed by atoms with Gasteiger partial charge in [-0.2, -0.15) is 0 Å². The zero-order valence-electron chi connectivity index (χ0n) is 12.5. The van der Waals surface area contributed by atoms with Crippen molar-refractivity contribution in [2.45, 2.75) is 31.4 Å². The molecule has 1 aliphatic heterocycles. The van der Waals surface area contributed by atoms with Crippen LogP contribution in [-0.2, 0) is 9.53 Å². The molecule has 7 nitrogen and oxygen atoms in total. The highest BCUT2D eigenvalue weighted by Crippen LogP contribution is 2.17. The Balaban J connectivity index is 2.42. The van der Waals surface area contributed by atoms with Gasteiger partial charge in [0.15, 0.2) is 0 Å². The fraction of sp³-hybridized carbons (Fsp3) is 0.846. The number of carboxylic acid groups (broad SMARTS) is 1. The molecule has 1 heterocycles. The first-order valence-corrected chi connectivity index (χ1v) is 6.87. The highest BCUT2D eigenvalue weighted by Gasteiger charge is 2.29. The number of aliphatic carboxylic acids is 1. The number of carbonyl (C=O) groups excluding carboxylic acids is 1. The van der Waals surface area contributed by atoms with Gasteiger partial charge in [0.1, 0.15) is 0 Å². The van der Waals surface area contributed by atoms with Crippen LogP contribution in [0.1, 0.15) is 19.3 Å². The standard InChI is InChI=1S/C13H25N3O4/c1-15(2)9-10-5-4-6-16(10)13(19)14-8-11(20-3)7-12(17)18/h10-11H,4-9H2,1-3H3,(H,14,19)(H,17,18). The van der Waals surface area contributed by atoms with E-state index >= 15 is 0 Å². The second kappa shape index (κ2) is 8.06. The average molecular weight is 287 g/mol. The molecule has 0 bridgehead atoms. The number of hydrogen-bond donors (Lipinski definition) is 2. The average Bonchev–Trinajstić information content (AvgIpc) is 2.80. The second-order valence-corrected chi connectivity index (χ2v) is 5.39. The highest BCUT2D eigenvalue weighted by atomic mass is 16.5. The maximum atomic E-state index is 12.1. The third-order valence-corrected chi connectivity index (χ3v) is 3.43. The van der Waals surface area contributed by atoms with Gasteiger partial charge in [0, 0.05) is 32.8 Å².